The Balaban J connectivity index is 2.34. The number of ether oxygens (including phenoxy) is 1. The average Bonchev–Trinajstić information content (AvgIpc) is 3.09. The minimum Gasteiger partial charge on any atom is -0.459 e. The summed E-state index contributed by atoms with van der Waals surface area (Å²) in [4.78, 5) is 22.7. The van der Waals surface area contributed by atoms with Crippen molar-refractivity contribution in [2.45, 2.75) is 25.8 Å². The number of aromatic nitrogens is 2. The van der Waals surface area contributed by atoms with E-state index in [2.05, 4.69) is 15.2 Å². The molecule has 1 N–H and O–H groups in total. The standard InChI is InChI=1S/C16H13F6N3O3/c1-2-28-14(27)13(26)23-6-9-3-10(15(17,18)19)5-12(4-9)25-8-11(7-24-25)16(20,21)22/h3-5,7-8H,2,6H2,1H3,(H,23,26). The van der Waals surface area contributed by atoms with Crippen LogP contribution in [0.5, 0.6) is 0 Å². The third kappa shape index (κ3) is 5.24. The Labute approximate surface area is 154 Å². The summed E-state index contributed by atoms with van der Waals surface area (Å²) in [6.45, 7) is 0.909. The number of carbonyl (C=O) groups excluding carboxylic acids is 2. The summed E-state index contributed by atoms with van der Waals surface area (Å²) in [6.07, 6.45) is -8.49. The molecule has 0 saturated carbocycles. The number of rotatable bonds is 4. The molecular weight excluding hydrogens is 396 g/mol. The first kappa shape index (κ1) is 21.3. The maximum atomic E-state index is 13.1. The molecule has 0 aliphatic heterocycles. The molecule has 0 atom stereocenters. The zero-order chi connectivity index (χ0) is 21.1. The van der Waals surface area contributed by atoms with Crippen LogP contribution in [0.15, 0.2) is 30.6 Å². The van der Waals surface area contributed by atoms with Crippen LogP contribution >= 0.6 is 0 Å². The van der Waals surface area contributed by atoms with Crippen LogP contribution < -0.4 is 5.32 Å². The van der Waals surface area contributed by atoms with E-state index in [-0.39, 0.29) is 17.9 Å². The molecule has 0 bridgehead atoms. The number of halogens is 6. The van der Waals surface area contributed by atoms with Gasteiger partial charge in [0.1, 0.15) is 0 Å². The smallest absolute Gasteiger partial charge is 0.419 e. The van der Waals surface area contributed by atoms with Crippen molar-refractivity contribution < 1.29 is 40.7 Å². The third-order valence-corrected chi connectivity index (χ3v) is 3.39. The molecule has 1 aromatic carbocycles. The van der Waals surface area contributed by atoms with Gasteiger partial charge in [0.25, 0.3) is 0 Å². The van der Waals surface area contributed by atoms with Gasteiger partial charge in [-0.3, -0.25) is 4.79 Å². The van der Waals surface area contributed by atoms with Gasteiger partial charge in [0.2, 0.25) is 0 Å². The molecule has 1 heterocycles. The fourth-order valence-electron chi connectivity index (χ4n) is 2.13. The predicted octanol–water partition coefficient (Wildman–Crippen LogP) is 3.09. The van der Waals surface area contributed by atoms with Crippen LogP contribution in [0, 0.1) is 0 Å². The van der Waals surface area contributed by atoms with Crippen LogP contribution in [0.25, 0.3) is 5.69 Å². The van der Waals surface area contributed by atoms with E-state index in [9.17, 15) is 35.9 Å². The summed E-state index contributed by atoms with van der Waals surface area (Å²) < 4.78 is 82.5. The van der Waals surface area contributed by atoms with Gasteiger partial charge < -0.3 is 10.1 Å². The predicted molar refractivity (Wildman–Crippen MR) is 82.0 cm³/mol. The Morgan fingerprint density at radius 2 is 1.71 bits per heavy atom. The fourth-order valence-corrected chi connectivity index (χ4v) is 2.13. The Hall–Kier alpha value is -3.05. The molecule has 1 aromatic heterocycles. The largest absolute Gasteiger partial charge is 0.459 e. The zero-order valence-electron chi connectivity index (χ0n) is 14.2. The lowest BCUT2D eigenvalue weighted by atomic mass is 10.1. The van der Waals surface area contributed by atoms with Crippen molar-refractivity contribution in [1.29, 1.82) is 0 Å². The molecule has 1 amide bonds. The highest BCUT2D eigenvalue weighted by molar-refractivity contribution is 6.32. The molecule has 28 heavy (non-hydrogen) atoms. The lowest BCUT2D eigenvalue weighted by Gasteiger charge is -2.13. The molecule has 0 aliphatic carbocycles. The van der Waals surface area contributed by atoms with Gasteiger partial charge in [0.15, 0.2) is 0 Å². The second-order valence-electron chi connectivity index (χ2n) is 5.46. The number of esters is 1. The van der Waals surface area contributed by atoms with Crippen molar-refractivity contribution in [1.82, 2.24) is 15.1 Å². The van der Waals surface area contributed by atoms with Crippen molar-refractivity contribution >= 4 is 11.9 Å². The maximum Gasteiger partial charge on any atom is 0.419 e. The van der Waals surface area contributed by atoms with Gasteiger partial charge in [-0.2, -0.15) is 31.4 Å². The Bertz CT molecular complexity index is 873. The summed E-state index contributed by atoms with van der Waals surface area (Å²) in [7, 11) is 0. The molecule has 2 aromatic rings. The summed E-state index contributed by atoms with van der Waals surface area (Å²) >= 11 is 0. The molecule has 0 unspecified atom stereocenters. The second-order valence-corrected chi connectivity index (χ2v) is 5.46. The van der Waals surface area contributed by atoms with Gasteiger partial charge in [0.05, 0.1) is 29.6 Å². The molecule has 152 valence electrons. The van der Waals surface area contributed by atoms with E-state index >= 15 is 0 Å². The van der Waals surface area contributed by atoms with E-state index in [1.54, 1.807) is 0 Å². The molecule has 6 nitrogen and oxygen atoms in total. The van der Waals surface area contributed by atoms with Crippen molar-refractivity contribution in [2.24, 2.45) is 0 Å². The minimum absolute atomic E-state index is 0.0687. The van der Waals surface area contributed by atoms with E-state index in [1.165, 1.54) is 6.92 Å². The summed E-state index contributed by atoms with van der Waals surface area (Å²) in [6, 6.07) is 2.42. The number of hydrogen-bond acceptors (Lipinski definition) is 4. The zero-order valence-corrected chi connectivity index (χ0v) is 14.2. The van der Waals surface area contributed by atoms with Crippen molar-refractivity contribution in [3.05, 3.63) is 47.3 Å². The monoisotopic (exact) mass is 409 g/mol. The van der Waals surface area contributed by atoms with E-state index in [0.29, 0.717) is 29.2 Å². The highest BCUT2D eigenvalue weighted by Crippen LogP contribution is 2.33. The first-order valence-corrected chi connectivity index (χ1v) is 7.70. The van der Waals surface area contributed by atoms with Crippen LogP contribution in [-0.4, -0.2) is 28.3 Å². The average molecular weight is 409 g/mol. The number of amides is 1. The topological polar surface area (TPSA) is 73.2 Å². The minimum atomic E-state index is -4.80. The molecule has 2 rings (SSSR count). The third-order valence-electron chi connectivity index (χ3n) is 3.39. The number of nitrogens with one attached hydrogen (secondary N) is 1. The normalized spacial score (nSPS) is 12.0. The van der Waals surface area contributed by atoms with Gasteiger partial charge in [-0.25, -0.2) is 9.48 Å². The molecule has 0 fully saturated rings. The van der Waals surface area contributed by atoms with Crippen LogP contribution in [0.1, 0.15) is 23.6 Å². The first-order chi connectivity index (χ1) is 12.9. The number of benzene rings is 1. The Morgan fingerprint density at radius 3 is 2.25 bits per heavy atom. The van der Waals surface area contributed by atoms with E-state index in [1.807, 2.05) is 0 Å². The van der Waals surface area contributed by atoms with Crippen LogP contribution in [0.3, 0.4) is 0 Å². The first-order valence-electron chi connectivity index (χ1n) is 7.70. The Morgan fingerprint density at radius 1 is 1.07 bits per heavy atom. The number of hydrogen-bond donors (Lipinski definition) is 1. The molecule has 12 heteroatoms. The van der Waals surface area contributed by atoms with Crippen LogP contribution in [-0.2, 0) is 33.2 Å². The summed E-state index contributed by atoms with van der Waals surface area (Å²) in [5, 5.41) is 5.51. The lowest BCUT2D eigenvalue weighted by Crippen LogP contribution is -2.32. The van der Waals surface area contributed by atoms with Crippen molar-refractivity contribution in [3.8, 4) is 5.69 Å². The number of alkyl halides is 6. The van der Waals surface area contributed by atoms with Crippen LogP contribution in [0.4, 0.5) is 26.3 Å². The van der Waals surface area contributed by atoms with E-state index < -0.39 is 41.9 Å². The summed E-state index contributed by atoms with van der Waals surface area (Å²) in [5.41, 5.74) is -2.70. The van der Waals surface area contributed by atoms with Crippen molar-refractivity contribution in [3.63, 3.8) is 0 Å². The van der Waals surface area contributed by atoms with Gasteiger partial charge in [-0.15, -0.1) is 0 Å². The fraction of sp³-hybridized carbons (Fsp3) is 0.312. The lowest BCUT2D eigenvalue weighted by molar-refractivity contribution is -0.154. The van der Waals surface area contributed by atoms with Gasteiger partial charge in [0, 0.05) is 12.7 Å². The highest BCUT2D eigenvalue weighted by atomic mass is 19.4. The molecule has 0 saturated heterocycles. The molecule has 0 spiro atoms. The SMILES string of the molecule is CCOC(=O)C(=O)NCc1cc(-n2cc(C(F)(F)F)cn2)cc(C(F)(F)F)c1. The van der Waals surface area contributed by atoms with Gasteiger partial charge in [-0.05, 0) is 30.7 Å². The number of carbonyl (C=O) groups is 2. The maximum absolute atomic E-state index is 13.1. The highest BCUT2D eigenvalue weighted by Gasteiger charge is 2.34. The van der Waals surface area contributed by atoms with E-state index in [0.717, 1.165) is 6.07 Å². The molecular formula is C16H13F6N3O3. The quantitative estimate of drug-likeness (QED) is 0.479. The van der Waals surface area contributed by atoms with Crippen molar-refractivity contribution in [2.75, 3.05) is 6.61 Å². The van der Waals surface area contributed by atoms with Crippen LogP contribution in [0.2, 0.25) is 0 Å². The Kier molecular flexibility index (Phi) is 6.00. The molecule has 0 aliphatic rings. The number of nitrogens with zero attached hydrogens (tertiary/aromatic N) is 2. The second kappa shape index (κ2) is 7.90. The van der Waals surface area contributed by atoms with Gasteiger partial charge >= 0.3 is 24.2 Å². The van der Waals surface area contributed by atoms with E-state index in [4.69, 9.17) is 0 Å². The molecule has 0 radical (unpaired) electrons. The summed E-state index contributed by atoms with van der Waals surface area (Å²) in [5.74, 6) is -2.38. The van der Waals surface area contributed by atoms with Gasteiger partial charge in [-0.1, -0.05) is 0 Å².